The van der Waals surface area contributed by atoms with Crippen LogP contribution in [0, 0.1) is 0 Å². The van der Waals surface area contributed by atoms with Gasteiger partial charge in [0.15, 0.2) is 0 Å². The Balaban J connectivity index is 1.62. The van der Waals surface area contributed by atoms with Gasteiger partial charge in [0.25, 0.3) is 0 Å². The molecule has 144 valence electrons. The molecule has 0 aromatic heterocycles. The fourth-order valence-corrected chi connectivity index (χ4v) is 3.31. The van der Waals surface area contributed by atoms with Gasteiger partial charge in [-0.05, 0) is 41.0 Å². The Hall–Kier alpha value is -2.60. The van der Waals surface area contributed by atoms with Gasteiger partial charge in [0.1, 0.15) is 11.9 Å². The van der Waals surface area contributed by atoms with Crippen LogP contribution in [0.15, 0.2) is 36.4 Å². The second kappa shape index (κ2) is 8.86. The summed E-state index contributed by atoms with van der Waals surface area (Å²) in [6, 6.07) is 12.2. The smallest absolute Gasteiger partial charge is 0.222 e. The lowest BCUT2D eigenvalue weighted by Gasteiger charge is -2.33. The van der Waals surface area contributed by atoms with E-state index in [2.05, 4.69) is 23.5 Å². The molecule has 3 rings (SSSR count). The molecule has 1 fully saturated rings. The van der Waals surface area contributed by atoms with Gasteiger partial charge in [0.2, 0.25) is 11.8 Å². The van der Waals surface area contributed by atoms with Crippen LogP contribution in [0.5, 0.6) is 5.75 Å². The second-order valence-corrected chi connectivity index (χ2v) is 6.76. The third-order valence-electron chi connectivity index (χ3n) is 4.80. The van der Waals surface area contributed by atoms with Gasteiger partial charge in [0.05, 0.1) is 20.3 Å². The van der Waals surface area contributed by atoms with E-state index in [-0.39, 0.29) is 17.9 Å². The summed E-state index contributed by atoms with van der Waals surface area (Å²) >= 11 is 0. The highest BCUT2D eigenvalue weighted by Gasteiger charge is 2.25. The molecule has 0 bridgehead atoms. The first kappa shape index (κ1) is 19.2. The van der Waals surface area contributed by atoms with Crippen molar-refractivity contribution in [2.75, 3.05) is 33.4 Å². The Morgan fingerprint density at radius 1 is 1.22 bits per heavy atom. The lowest BCUT2D eigenvalue weighted by atomic mass is 10.0. The zero-order valence-electron chi connectivity index (χ0n) is 15.9. The quantitative estimate of drug-likeness (QED) is 0.794. The third kappa shape index (κ3) is 4.98. The summed E-state index contributed by atoms with van der Waals surface area (Å²) in [6.07, 6.45) is 0.965. The molecule has 27 heavy (non-hydrogen) atoms. The molecule has 2 aromatic carbocycles. The summed E-state index contributed by atoms with van der Waals surface area (Å²) in [4.78, 5) is 25.2. The molecule has 1 aliphatic rings. The van der Waals surface area contributed by atoms with Crippen LogP contribution < -0.4 is 10.1 Å². The average molecular weight is 370 g/mol. The first-order chi connectivity index (χ1) is 13.1. The number of benzene rings is 2. The maximum absolute atomic E-state index is 12.4. The van der Waals surface area contributed by atoms with E-state index in [1.165, 1.54) is 6.92 Å². The number of methoxy groups -OCH3 is 1. The van der Waals surface area contributed by atoms with E-state index < -0.39 is 0 Å². The topological polar surface area (TPSA) is 67.9 Å². The number of nitrogens with zero attached hydrogens (tertiary/aromatic N) is 1. The fourth-order valence-electron chi connectivity index (χ4n) is 3.31. The van der Waals surface area contributed by atoms with Crippen LogP contribution in [0.1, 0.15) is 31.4 Å². The van der Waals surface area contributed by atoms with E-state index in [0.717, 1.165) is 22.1 Å². The summed E-state index contributed by atoms with van der Waals surface area (Å²) in [7, 11) is 1.66. The lowest BCUT2D eigenvalue weighted by Crippen LogP contribution is -2.42. The molecule has 1 aliphatic heterocycles. The van der Waals surface area contributed by atoms with Crippen molar-refractivity contribution in [2.24, 2.45) is 0 Å². The van der Waals surface area contributed by atoms with Crippen LogP contribution in [0.4, 0.5) is 0 Å². The molecule has 0 saturated carbocycles. The molecule has 0 radical (unpaired) electrons. The van der Waals surface area contributed by atoms with Crippen molar-refractivity contribution < 1.29 is 19.1 Å². The minimum absolute atomic E-state index is 0.0668. The van der Waals surface area contributed by atoms with Crippen molar-refractivity contribution in [2.45, 2.75) is 25.9 Å². The highest BCUT2D eigenvalue weighted by molar-refractivity contribution is 5.84. The molecule has 1 heterocycles. The van der Waals surface area contributed by atoms with Crippen molar-refractivity contribution in [3.05, 3.63) is 42.0 Å². The first-order valence-electron chi connectivity index (χ1n) is 9.28. The summed E-state index contributed by atoms with van der Waals surface area (Å²) in [6.45, 7) is 3.71. The Bertz CT molecular complexity index is 821. The number of ether oxygens (including phenoxy) is 2. The van der Waals surface area contributed by atoms with E-state index in [1.54, 1.807) is 7.11 Å². The molecular weight excluding hydrogens is 344 g/mol. The first-order valence-corrected chi connectivity index (χ1v) is 9.28. The summed E-state index contributed by atoms with van der Waals surface area (Å²) in [5.74, 6) is 0.877. The van der Waals surface area contributed by atoms with E-state index in [4.69, 9.17) is 9.47 Å². The standard InChI is InChI=1S/C21H26N2O4/c1-15(24)22-9-3-4-21(25)23-10-11-27-20(14-23)18-6-5-17-13-19(26-2)8-7-16(17)12-18/h5-8,12-13,20H,3-4,9-11,14H2,1-2H3,(H,22,24)/t20-/m0/s1. The Morgan fingerprint density at radius 2 is 2.00 bits per heavy atom. The number of fused-ring (bicyclic) bond motifs is 1. The summed E-state index contributed by atoms with van der Waals surface area (Å²) in [5, 5.41) is 4.95. The van der Waals surface area contributed by atoms with E-state index in [1.807, 2.05) is 23.1 Å². The Labute approximate surface area is 159 Å². The second-order valence-electron chi connectivity index (χ2n) is 6.76. The van der Waals surface area contributed by atoms with Crippen LogP contribution in [-0.2, 0) is 14.3 Å². The molecule has 0 aliphatic carbocycles. The van der Waals surface area contributed by atoms with Gasteiger partial charge in [-0.1, -0.05) is 18.2 Å². The van der Waals surface area contributed by atoms with Crippen molar-refractivity contribution >= 4 is 22.6 Å². The largest absolute Gasteiger partial charge is 0.497 e. The van der Waals surface area contributed by atoms with Crippen LogP contribution >= 0.6 is 0 Å². The third-order valence-corrected chi connectivity index (χ3v) is 4.80. The van der Waals surface area contributed by atoms with Crippen molar-refractivity contribution in [3.8, 4) is 5.75 Å². The maximum Gasteiger partial charge on any atom is 0.222 e. The minimum Gasteiger partial charge on any atom is -0.497 e. The summed E-state index contributed by atoms with van der Waals surface area (Å²) in [5.41, 5.74) is 1.07. The van der Waals surface area contributed by atoms with Gasteiger partial charge in [-0.15, -0.1) is 0 Å². The number of hydrogen-bond acceptors (Lipinski definition) is 4. The van der Waals surface area contributed by atoms with Gasteiger partial charge >= 0.3 is 0 Å². The van der Waals surface area contributed by atoms with Crippen LogP contribution in [0.3, 0.4) is 0 Å². The number of carbonyl (C=O) groups excluding carboxylic acids is 2. The van der Waals surface area contributed by atoms with Crippen molar-refractivity contribution in [1.29, 1.82) is 0 Å². The minimum atomic E-state index is -0.121. The van der Waals surface area contributed by atoms with Gasteiger partial charge in [0, 0.05) is 26.4 Å². The monoisotopic (exact) mass is 370 g/mol. The molecule has 1 saturated heterocycles. The highest BCUT2D eigenvalue weighted by atomic mass is 16.5. The molecule has 1 N–H and O–H groups in total. The number of carbonyl (C=O) groups is 2. The van der Waals surface area contributed by atoms with Gasteiger partial charge < -0.3 is 19.7 Å². The molecule has 6 nitrogen and oxygen atoms in total. The molecule has 2 aromatic rings. The van der Waals surface area contributed by atoms with Crippen molar-refractivity contribution in [1.82, 2.24) is 10.2 Å². The SMILES string of the molecule is COc1ccc2cc([C@@H]3CN(C(=O)CCCNC(C)=O)CCO3)ccc2c1. The molecule has 1 atom stereocenters. The molecule has 0 spiro atoms. The molecule has 0 unspecified atom stereocenters. The average Bonchev–Trinajstić information content (AvgIpc) is 2.70. The summed E-state index contributed by atoms with van der Waals surface area (Å²) < 4.78 is 11.2. The highest BCUT2D eigenvalue weighted by Crippen LogP contribution is 2.28. The normalized spacial score (nSPS) is 17.0. The number of morpholine rings is 1. The maximum atomic E-state index is 12.4. The Kier molecular flexibility index (Phi) is 6.29. The number of hydrogen-bond donors (Lipinski definition) is 1. The van der Waals surface area contributed by atoms with Gasteiger partial charge in [-0.3, -0.25) is 9.59 Å². The Morgan fingerprint density at radius 3 is 2.78 bits per heavy atom. The molecule has 2 amide bonds. The van der Waals surface area contributed by atoms with E-state index in [0.29, 0.717) is 39.1 Å². The molecular formula is C21H26N2O4. The number of amides is 2. The van der Waals surface area contributed by atoms with Gasteiger partial charge in [-0.25, -0.2) is 0 Å². The van der Waals surface area contributed by atoms with E-state index >= 15 is 0 Å². The zero-order chi connectivity index (χ0) is 19.2. The fraction of sp³-hybridized carbons (Fsp3) is 0.429. The van der Waals surface area contributed by atoms with Crippen LogP contribution in [0.2, 0.25) is 0 Å². The number of nitrogens with one attached hydrogen (secondary N) is 1. The van der Waals surface area contributed by atoms with Gasteiger partial charge in [-0.2, -0.15) is 0 Å². The molecule has 6 heteroatoms. The van der Waals surface area contributed by atoms with Crippen LogP contribution in [0.25, 0.3) is 10.8 Å². The lowest BCUT2D eigenvalue weighted by molar-refractivity contribution is -0.139. The van der Waals surface area contributed by atoms with Crippen LogP contribution in [-0.4, -0.2) is 50.1 Å². The van der Waals surface area contributed by atoms with E-state index in [9.17, 15) is 9.59 Å². The van der Waals surface area contributed by atoms with Crippen molar-refractivity contribution in [3.63, 3.8) is 0 Å². The number of rotatable bonds is 6. The predicted molar refractivity (Wildman–Crippen MR) is 104 cm³/mol. The predicted octanol–water partition coefficient (Wildman–Crippen LogP) is 2.66. The zero-order valence-corrected chi connectivity index (χ0v) is 15.9.